The van der Waals surface area contributed by atoms with Gasteiger partial charge in [-0.1, -0.05) is 41.9 Å². The monoisotopic (exact) mass is 369 g/mol. The van der Waals surface area contributed by atoms with Crippen molar-refractivity contribution in [1.82, 2.24) is 10.3 Å². The van der Waals surface area contributed by atoms with Gasteiger partial charge in [-0.2, -0.15) is 0 Å². The molecule has 26 heavy (non-hydrogen) atoms. The van der Waals surface area contributed by atoms with Gasteiger partial charge in [0, 0.05) is 23.1 Å². The summed E-state index contributed by atoms with van der Waals surface area (Å²) in [6.45, 7) is 1.24. The van der Waals surface area contributed by atoms with E-state index in [1.54, 1.807) is 4.90 Å². The molecule has 3 aromatic rings. The van der Waals surface area contributed by atoms with Crippen molar-refractivity contribution in [3.8, 4) is 0 Å². The van der Waals surface area contributed by atoms with Gasteiger partial charge in [0.2, 0.25) is 0 Å². The topological polar surface area (TPSA) is 74.4 Å². The van der Waals surface area contributed by atoms with Gasteiger partial charge < -0.3 is 15.0 Å². The second-order valence-electron chi connectivity index (χ2n) is 5.98. The highest BCUT2D eigenvalue weighted by atomic mass is 35.5. The molecule has 0 spiro atoms. The number of H-pyrrole nitrogens is 1. The Balaban J connectivity index is 1.49. The molecule has 0 aliphatic carbocycles. The second-order valence-corrected chi connectivity index (χ2v) is 6.36. The molecule has 2 amide bonds. The fourth-order valence-electron chi connectivity index (χ4n) is 3.00. The van der Waals surface area contributed by atoms with Gasteiger partial charge in [-0.3, -0.25) is 9.69 Å². The van der Waals surface area contributed by atoms with Gasteiger partial charge in [0.1, 0.15) is 12.3 Å². The Morgan fingerprint density at radius 2 is 2.08 bits per heavy atom. The number of ether oxygens (including phenoxy) is 1. The fraction of sp³-hybridized carbons (Fsp3) is 0.158. The molecular formula is C19H16ClN3O3. The average Bonchev–Trinajstić information content (AvgIpc) is 3.24. The van der Waals surface area contributed by atoms with Gasteiger partial charge >= 0.3 is 6.09 Å². The molecule has 1 aliphatic heterocycles. The molecule has 0 unspecified atom stereocenters. The van der Waals surface area contributed by atoms with Crippen molar-refractivity contribution < 1.29 is 14.3 Å². The van der Waals surface area contributed by atoms with Gasteiger partial charge in [0.25, 0.3) is 5.91 Å². The van der Waals surface area contributed by atoms with Crippen LogP contribution >= 0.6 is 11.6 Å². The van der Waals surface area contributed by atoms with Gasteiger partial charge in [0.15, 0.2) is 0 Å². The molecule has 7 heteroatoms. The molecule has 1 saturated heterocycles. The van der Waals surface area contributed by atoms with Crippen molar-refractivity contribution in [2.45, 2.75) is 6.54 Å². The second kappa shape index (κ2) is 6.72. The number of benzene rings is 2. The molecule has 2 heterocycles. The Hall–Kier alpha value is -2.99. The summed E-state index contributed by atoms with van der Waals surface area (Å²) in [5.41, 5.74) is 2.79. The van der Waals surface area contributed by atoms with Crippen LogP contribution in [0.15, 0.2) is 48.5 Å². The summed E-state index contributed by atoms with van der Waals surface area (Å²) in [5.74, 6) is -0.280. The maximum absolute atomic E-state index is 12.5. The lowest BCUT2D eigenvalue weighted by atomic mass is 10.2. The standard InChI is InChI=1S/C19H16ClN3O3/c20-16-14-6-1-2-7-15(14)22-17(16)18(24)21-11-12-4-3-5-13(10-12)23-8-9-26-19(23)25/h1-7,10,22H,8-9,11H2,(H,21,24). The summed E-state index contributed by atoms with van der Waals surface area (Å²) in [5, 5.41) is 4.08. The maximum atomic E-state index is 12.5. The Labute approximate surface area is 154 Å². The molecule has 1 fully saturated rings. The number of nitrogens with one attached hydrogen (secondary N) is 2. The highest BCUT2D eigenvalue weighted by Gasteiger charge is 2.23. The Bertz CT molecular complexity index is 999. The zero-order valence-electron chi connectivity index (χ0n) is 13.8. The van der Waals surface area contributed by atoms with Crippen molar-refractivity contribution >= 4 is 40.2 Å². The van der Waals surface area contributed by atoms with Gasteiger partial charge in [-0.05, 0) is 23.8 Å². The maximum Gasteiger partial charge on any atom is 0.414 e. The fourth-order valence-corrected chi connectivity index (χ4v) is 3.30. The predicted octanol–water partition coefficient (Wildman–Crippen LogP) is 3.71. The number of carbonyl (C=O) groups is 2. The predicted molar refractivity (Wildman–Crippen MR) is 99.6 cm³/mol. The zero-order chi connectivity index (χ0) is 18.1. The lowest BCUT2D eigenvalue weighted by molar-refractivity contribution is 0.0947. The number of amides is 2. The van der Waals surface area contributed by atoms with Crippen LogP contribution in [0.1, 0.15) is 16.1 Å². The minimum Gasteiger partial charge on any atom is -0.447 e. The van der Waals surface area contributed by atoms with E-state index in [0.29, 0.717) is 30.4 Å². The number of aromatic amines is 1. The Kier molecular flexibility index (Phi) is 4.26. The highest BCUT2D eigenvalue weighted by Crippen LogP contribution is 2.27. The van der Waals surface area contributed by atoms with E-state index in [4.69, 9.17) is 16.3 Å². The SMILES string of the molecule is O=C(NCc1cccc(N2CCOC2=O)c1)c1[nH]c2ccccc2c1Cl. The Morgan fingerprint density at radius 1 is 1.23 bits per heavy atom. The summed E-state index contributed by atoms with van der Waals surface area (Å²) in [6, 6.07) is 14.9. The number of hydrogen-bond acceptors (Lipinski definition) is 3. The van der Waals surface area contributed by atoms with Crippen molar-refractivity contribution in [2.24, 2.45) is 0 Å². The molecule has 0 saturated carbocycles. The van der Waals surface area contributed by atoms with Gasteiger partial charge in [-0.25, -0.2) is 4.79 Å². The minimum atomic E-state index is -0.351. The third-order valence-electron chi connectivity index (χ3n) is 4.31. The number of rotatable bonds is 4. The summed E-state index contributed by atoms with van der Waals surface area (Å²) in [6.07, 6.45) is -0.351. The van der Waals surface area contributed by atoms with E-state index < -0.39 is 0 Å². The van der Waals surface area contributed by atoms with Crippen LogP contribution in [0.5, 0.6) is 0 Å². The number of cyclic esters (lactones) is 1. The molecule has 2 aromatic carbocycles. The number of carbonyl (C=O) groups excluding carboxylic acids is 2. The van der Waals surface area contributed by atoms with Crippen LogP contribution in [0.3, 0.4) is 0 Å². The van der Waals surface area contributed by atoms with Crippen molar-refractivity contribution in [3.05, 3.63) is 64.8 Å². The summed E-state index contributed by atoms with van der Waals surface area (Å²) in [4.78, 5) is 28.8. The Morgan fingerprint density at radius 3 is 2.85 bits per heavy atom. The number of para-hydroxylation sites is 1. The van der Waals surface area contributed by atoms with E-state index in [1.807, 2.05) is 48.5 Å². The van der Waals surface area contributed by atoms with E-state index in [2.05, 4.69) is 10.3 Å². The molecular weight excluding hydrogens is 354 g/mol. The molecule has 6 nitrogen and oxygen atoms in total. The summed E-state index contributed by atoms with van der Waals surface area (Å²) < 4.78 is 4.96. The molecule has 0 atom stereocenters. The number of fused-ring (bicyclic) bond motifs is 1. The van der Waals surface area contributed by atoms with Crippen LogP contribution in [0.2, 0.25) is 5.02 Å². The lowest BCUT2D eigenvalue weighted by Gasteiger charge is -2.14. The lowest BCUT2D eigenvalue weighted by Crippen LogP contribution is -2.25. The smallest absolute Gasteiger partial charge is 0.414 e. The van der Waals surface area contributed by atoms with Crippen LogP contribution in [0, 0.1) is 0 Å². The number of aromatic nitrogens is 1. The van der Waals surface area contributed by atoms with Crippen molar-refractivity contribution in [1.29, 1.82) is 0 Å². The zero-order valence-corrected chi connectivity index (χ0v) is 14.5. The van der Waals surface area contributed by atoms with Gasteiger partial charge in [-0.15, -0.1) is 0 Å². The number of hydrogen-bond donors (Lipinski definition) is 2. The minimum absolute atomic E-state index is 0.280. The van der Waals surface area contributed by atoms with Crippen LogP contribution < -0.4 is 10.2 Å². The molecule has 1 aliphatic rings. The molecule has 0 bridgehead atoms. The first-order valence-electron chi connectivity index (χ1n) is 8.21. The summed E-state index contributed by atoms with van der Waals surface area (Å²) >= 11 is 6.31. The number of anilines is 1. The highest BCUT2D eigenvalue weighted by molar-refractivity contribution is 6.38. The van der Waals surface area contributed by atoms with E-state index >= 15 is 0 Å². The third kappa shape index (κ3) is 2.99. The van der Waals surface area contributed by atoms with Crippen LogP contribution in [0.4, 0.5) is 10.5 Å². The van der Waals surface area contributed by atoms with E-state index in [0.717, 1.165) is 22.2 Å². The average molecular weight is 370 g/mol. The van der Waals surface area contributed by atoms with Crippen LogP contribution in [-0.4, -0.2) is 30.1 Å². The van der Waals surface area contributed by atoms with E-state index in [9.17, 15) is 9.59 Å². The largest absolute Gasteiger partial charge is 0.447 e. The molecule has 1 aromatic heterocycles. The van der Waals surface area contributed by atoms with Gasteiger partial charge in [0.05, 0.1) is 11.6 Å². The molecule has 4 rings (SSSR count). The van der Waals surface area contributed by atoms with E-state index in [-0.39, 0.29) is 12.0 Å². The first-order chi connectivity index (χ1) is 12.6. The van der Waals surface area contributed by atoms with Crippen LogP contribution in [-0.2, 0) is 11.3 Å². The van der Waals surface area contributed by atoms with Crippen LogP contribution in [0.25, 0.3) is 10.9 Å². The molecule has 132 valence electrons. The number of halogens is 1. The van der Waals surface area contributed by atoms with E-state index in [1.165, 1.54) is 0 Å². The molecule has 0 radical (unpaired) electrons. The normalized spacial score (nSPS) is 13.9. The first-order valence-corrected chi connectivity index (χ1v) is 8.59. The first kappa shape index (κ1) is 16.5. The van der Waals surface area contributed by atoms with Crippen molar-refractivity contribution in [3.63, 3.8) is 0 Å². The third-order valence-corrected chi connectivity index (χ3v) is 4.70. The molecule has 2 N–H and O–H groups in total. The summed E-state index contributed by atoms with van der Waals surface area (Å²) in [7, 11) is 0. The quantitative estimate of drug-likeness (QED) is 0.736. The van der Waals surface area contributed by atoms with Crippen molar-refractivity contribution in [2.75, 3.05) is 18.1 Å². The number of nitrogens with zero attached hydrogens (tertiary/aromatic N) is 1.